The van der Waals surface area contributed by atoms with Crippen molar-refractivity contribution in [3.63, 3.8) is 0 Å². The molecule has 0 aromatic carbocycles. The average Bonchev–Trinajstić information content (AvgIpc) is 2.74. The number of carbonyl (C=O) groups excluding carboxylic acids is 1. The first-order valence-corrected chi connectivity index (χ1v) is 5.73. The number of ether oxygens (including phenoxy) is 1. The molecule has 1 amide bonds. The molecule has 17 heavy (non-hydrogen) atoms. The molecule has 1 rings (SSSR count). The van der Waals surface area contributed by atoms with Gasteiger partial charge in [0.15, 0.2) is 0 Å². The summed E-state index contributed by atoms with van der Waals surface area (Å²) in [6, 6.07) is 0. The molecule has 0 saturated carbocycles. The van der Waals surface area contributed by atoms with Gasteiger partial charge in [-0.3, -0.25) is 4.79 Å². The van der Waals surface area contributed by atoms with Crippen LogP contribution in [0.5, 0.6) is 0 Å². The predicted molar refractivity (Wildman–Crippen MR) is 64.5 cm³/mol. The Kier molecular flexibility index (Phi) is 6.27. The van der Waals surface area contributed by atoms with E-state index < -0.39 is 0 Å². The van der Waals surface area contributed by atoms with E-state index in [0.717, 1.165) is 18.8 Å². The topological polar surface area (TPSA) is 68.2 Å². The van der Waals surface area contributed by atoms with Crippen LogP contribution in [0.25, 0.3) is 0 Å². The number of nitrogens with zero attached hydrogens (tertiary/aromatic N) is 2. The second kappa shape index (κ2) is 7.81. The lowest BCUT2D eigenvalue weighted by molar-refractivity contribution is -0.121. The lowest BCUT2D eigenvalue weighted by atomic mass is 10.4. The Morgan fingerprint density at radius 1 is 1.59 bits per heavy atom. The second-order valence-electron chi connectivity index (χ2n) is 3.64. The van der Waals surface area contributed by atoms with Gasteiger partial charge < -0.3 is 19.9 Å². The molecule has 6 heteroatoms. The van der Waals surface area contributed by atoms with Gasteiger partial charge in [-0.1, -0.05) is 6.92 Å². The molecule has 0 aliphatic rings. The molecule has 6 nitrogen and oxygen atoms in total. The number of amides is 1. The van der Waals surface area contributed by atoms with Crippen LogP contribution in [0.4, 0.5) is 0 Å². The van der Waals surface area contributed by atoms with Gasteiger partial charge in [0.25, 0.3) is 0 Å². The Bertz CT molecular complexity index is 338. The van der Waals surface area contributed by atoms with Gasteiger partial charge in [0.2, 0.25) is 5.91 Å². The Labute approximate surface area is 101 Å². The number of nitrogens with one attached hydrogen (secondary N) is 2. The maximum Gasteiger partial charge on any atom is 0.240 e. The molecule has 96 valence electrons. The Morgan fingerprint density at radius 3 is 3.12 bits per heavy atom. The zero-order valence-corrected chi connectivity index (χ0v) is 10.4. The predicted octanol–water partition coefficient (Wildman–Crippen LogP) is -0.245. The van der Waals surface area contributed by atoms with Crippen molar-refractivity contribution in [1.82, 2.24) is 20.2 Å². The maximum atomic E-state index is 11.6. The SMILES string of the molecule is CCNCc1cncn1CC(=O)NCCOC. The summed E-state index contributed by atoms with van der Waals surface area (Å²) < 4.78 is 6.70. The van der Waals surface area contributed by atoms with Crippen LogP contribution < -0.4 is 10.6 Å². The number of hydrogen-bond donors (Lipinski definition) is 2. The molecule has 0 bridgehead atoms. The minimum absolute atomic E-state index is 0.0298. The number of carbonyl (C=O) groups is 1. The molecule has 0 radical (unpaired) electrons. The van der Waals surface area contributed by atoms with Gasteiger partial charge in [-0.2, -0.15) is 0 Å². The van der Waals surface area contributed by atoms with Crippen LogP contribution in [-0.4, -0.2) is 42.3 Å². The van der Waals surface area contributed by atoms with Crippen LogP contribution in [0.2, 0.25) is 0 Å². The van der Waals surface area contributed by atoms with E-state index >= 15 is 0 Å². The first-order chi connectivity index (χ1) is 8.27. The maximum absolute atomic E-state index is 11.6. The zero-order valence-electron chi connectivity index (χ0n) is 10.4. The Morgan fingerprint density at radius 2 is 2.41 bits per heavy atom. The number of aromatic nitrogens is 2. The summed E-state index contributed by atoms with van der Waals surface area (Å²) in [4.78, 5) is 15.6. The molecule has 0 saturated heterocycles. The first-order valence-electron chi connectivity index (χ1n) is 5.73. The van der Waals surface area contributed by atoms with Crippen LogP contribution in [0.15, 0.2) is 12.5 Å². The third-order valence-corrected chi connectivity index (χ3v) is 2.30. The largest absolute Gasteiger partial charge is 0.383 e. The molecule has 0 unspecified atom stereocenters. The zero-order chi connectivity index (χ0) is 12.5. The third kappa shape index (κ3) is 4.97. The van der Waals surface area contributed by atoms with Crippen molar-refractivity contribution in [3.8, 4) is 0 Å². The van der Waals surface area contributed by atoms with Crippen molar-refractivity contribution in [2.75, 3.05) is 26.8 Å². The molecule has 1 aromatic heterocycles. The number of imidazole rings is 1. The molecule has 0 spiro atoms. The van der Waals surface area contributed by atoms with Gasteiger partial charge in [-0.05, 0) is 6.54 Å². The second-order valence-corrected chi connectivity index (χ2v) is 3.64. The van der Waals surface area contributed by atoms with Crippen LogP contribution in [-0.2, 0) is 22.6 Å². The molecule has 0 aliphatic carbocycles. The summed E-state index contributed by atoms with van der Waals surface area (Å²) in [7, 11) is 1.61. The molecule has 0 fully saturated rings. The monoisotopic (exact) mass is 240 g/mol. The minimum atomic E-state index is -0.0298. The van der Waals surface area contributed by atoms with Gasteiger partial charge in [-0.15, -0.1) is 0 Å². The van der Waals surface area contributed by atoms with Crippen molar-refractivity contribution in [2.24, 2.45) is 0 Å². The highest BCUT2D eigenvalue weighted by atomic mass is 16.5. The van der Waals surface area contributed by atoms with E-state index in [4.69, 9.17) is 4.74 Å². The van der Waals surface area contributed by atoms with Gasteiger partial charge >= 0.3 is 0 Å². The lowest BCUT2D eigenvalue weighted by Gasteiger charge is -2.08. The Balaban J connectivity index is 2.39. The van der Waals surface area contributed by atoms with Crippen molar-refractivity contribution in [3.05, 3.63) is 18.2 Å². The van der Waals surface area contributed by atoms with Crippen molar-refractivity contribution >= 4 is 5.91 Å². The molecule has 0 aliphatic heterocycles. The summed E-state index contributed by atoms with van der Waals surface area (Å²) in [6.07, 6.45) is 3.44. The summed E-state index contributed by atoms with van der Waals surface area (Å²) in [5, 5.41) is 5.98. The number of rotatable bonds is 8. The van der Waals surface area contributed by atoms with E-state index in [9.17, 15) is 4.79 Å². The van der Waals surface area contributed by atoms with E-state index in [-0.39, 0.29) is 5.91 Å². The highest BCUT2D eigenvalue weighted by Gasteiger charge is 2.06. The highest BCUT2D eigenvalue weighted by molar-refractivity contribution is 5.75. The normalized spacial score (nSPS) is 10.5. The molecular weight excluding hydrogens is 220 g/mol. The fourth-order valence-corrected chi connectivity index (χ4v) is 1.39. The van der Waals surface area contributed by atoms with E-state index in [1.165, 1.54) is 0 Å². The molecule has 0 atom stereocenters. The first kappa shape index (κ1) is 13.7. The number of methoxy groups -OCH3 is 1. The Hall–Kier alpha value is -1.40. The molecular formula is C11H20N4O2. The van der Waals surface area contributed by atoms with Crippen molar-refractivity contribution in [1.29, 1.82) is 0 Å². The standard InChI is InChI=1S/C11H20N4O2/c1-3-12-6-10-7-13-9-15(10)8-11(16)14-4-5-17-2/h7,9,12H,3-6,8H2,1-2H3,(H,14,16). The summed E-state index contributed by atoms with van der Waals surface area (Å²) in [5.41, 5.74) is 1.01. The van der Waals surface area contributed by atoms with E-state index in [1.54, 1.807) is 19.6 Å². The van der Waals surface area contributed by atoms with Crippen LogP contribution in [0, 0.1) is 0 Å². The van der Waals surface area contributed by atoms with E-state index in [1.807, 2.05) is 11.5 Å². The van der Waals surface area contributed by atoms with Gasteiger partial charge in [0.1, 0.15) is 6.54 Å². The summed E-state index contributed by atoms with van der Waals surface area (Å²) >= 11 is 0. The minimum Gasteiger partial charge on any atom is -0.383 e. The van der Waals surface area contributed by atoms with Gasteiger partial charge in [0, 0.05) is 26.4 Å². The summed E-state index contributed by atoms with van der Waals surface area (Å²) in [6.45, 7) is 5.02. The lowest BCUT2D eigenvalue weighted by Crippen LogP contribution is -2.31. The van der Waals surface area contributed by atoms with E-state index in [0.29, 0.717) is 19.7 Å². The smallest absolute Gasteiger partial charge is 0.240 e. The third-order valence-electron chi connectivity index (χ3n) is 2.30. The van der Waals surface area contributed by atoms with Crippen molar-refractivity contribution in [2.45, 2.75) is 20.0 Å². The van der Waals surface area contributed by atoms with Crippen LogP contribution in [0.1, 0.15) is 12.6 Å². The van der Waals surface area contributed by atoms with Crippen LogP contribution in [0.3, 0.4) is 0 Å². The highest BCUT2D eigenvalue weighted by Crippen LogP contribution is 1.98. The van der Waals surface area contributed by atoms with Gasteiger partial charge in [-0.25, -0.2) is 4.98 Å². The average molecular weight is 240 g/mol. The quantitative estimate of drug-likeness (QED) is 0.615. The summed E-state index contributed by atoms with van der Waals surface area (Å²) in [5.74, 6) is -0.0298. The number of hydrogen-bond acceptors (Lipinski definition) is 4. The van der Waals surface area contributed by atoms with Crippen molar-refractivity contribution < 1.29 is 9.53 Å². The van der Waals surface area contributed by atoms with Crippen LogP contribution >= 0.6 is 0 Å². The van der Waals surface area contributed by atoms with Gasteiger partial charge in [0.05, 0.1) is 18.6 Å². The molecule has 2 N–H and O–H groups in total. The molecule has 1 aromatic rings. The fraction of sp³-hybridized carbons (Fsp3) is 0.636. The molecule has 1 heterocycles. The van der Waals surface area contributed by atoms with E-state index in [2.05, 4.69) is 15.6 Å². The fourth-order valence-electron chi connectivity index (χ4n) is 1.39.